The third-order valence-corrected chi connectivity index (χ3v) is 3.24. The Labute approximate surface area is 120 Å². The lowest BCUT2D eigenvalue weighted by Gasteiger charge is -2.13. The summed E-state index contributed by atoms with van der Waals surface area (Å²) in [5, 5.41) is 2.43. The number of benzene rings is 1. The first-order chi connectivity index (χ1) is 9.39. The van der Waals surface area contributed by atoms with Gasteiger partial charge in [-0.15, -0.1) is 0 Å². The van der Waals surface area contributed by atoms with Gasteiger partial charge in [0, 0.05) is 6.54 Å². The third kappa shape index (κ3) is 3.22. The van der Waals surface area contributed by atoms with Crippen LogP contribution < -0.4 is 5.32 Å². The smallest absolute Gasteiger partial charge is 0.416 e. The lowest BCUT2D eigenvalue weighted by atomic mass is 10.1. The summed E-state index contributed by atoms with van der Waals surface area (Å²) >= 11 is 3.03. The minimum atomic E-state index is -4.45. The standard InChI is InChI=1S/C13H9BrF3NO2/c14-11-9(5-6-20-11)12(19)18-7-8-3-1-2-4-10(8)13(15,16)17/h1-6H,7H2,(H,18,19). The third-order valence-electron chi connectivity index (χ3n) is 2.62. The Morgan fingerprint density at radius 2 is 1.95 bits per heavy atom. The van der Waals surface area contributed by atoms with Crippen LogP contribution in [0.25, 0.3) is 0 Å². The summed E-state index contributed by atoms with van der Waals surface area (Å²) in [6, 6.07) is 6.53. The molecule has 0 saturated carbocycles. The molecule has 0 aliphatic carbocycles. The number of carbonyl (C=O) groups is 1. The average Bonchev–Trinajstić information content (AvgIpc) is 2.81. The fraction of sp³-hybridized carbons (Fsp3) is 0.154. The molecule has 0 aliphatic rings. The summed E-state index contributed by atoms with van der Waals surface area (Å²) in [4.78, 5) is 11.8. The molecule has 106 valence electrons. The molecule has 0 atom stereocenters. The Hall–Kier alpha value is -1.76. The maximum atomic E-state index is 12.8. The molecule has 0 unspecified atom stereocenters. The zero-order valence-corrected chi connectivity index (χ0v) is 11.6. The Kier molecular flexibility index (Phi) is 4.17. The van der Waals surface area contributed by atoms with Crippen molar-refractivity contribution in [3.63, 3.8) is 0 Å². The molecule has 0 saturated heterocycles. The first-order valence-electron chi connectivity index (χ1n) is 5.56. The first-order valence-corrected chi connectivity index (χ1v) is 6.35. The predicted octanol–water partition coefficient (Wildman–Crippen LogP) is 3.99. The zero-order chi connectivity index (χ0) is 14.8. The molecule has 3 nitrogen and oxygen atoms in total. The number of rotatable bonds is 3. The van der Waals surface area contributed by atoms with Crippen molar-refractivity contribution in [1.29, 1.82) is 0 Å². The Morgan fingerprint density at radius 1 is 1.25 bits per heavy atom. The molecule has 1 aromatic carbocycles. The van der Waals surface area contributed by atoms with E-state index in [1.807, 2.05) is 0 Å². The monoisotopic (exact) mass is 347 g/mol. The molecule has 0 radical (unpaired) electrons. The van der Waals surface area contributed by atoms with Crippen molar-refractivity contribution in [3.8, 4) is 0 Å². The largest absolute Gasteiger partial charge is 0.457 e. The predicted molar refractivity (Wildman–Crippen MR) is 69.0 cm³/mol. The van der Waals surface area contributed by atoms with Crippen LogP contribution in [0.4, 0.5) is 13.2 Å². The quantitative estimate of drug-likeness (QED) is 0.911. The fourth-order valence-electron chi connectivity index (χ4n) is 1.68. The van der Waals surface area contributed by atoms with Gasteiger partial charge in [0.1, 0.15) is 0 Å². The van der Waals surface area contributed by atoms with E-state index >= 15 is 0 Å². The SMILES string of the molecule is O=C(NCc1ccccc1C(F)(F)F)c1ccoc1Br. The zero-order valence-electron chi connectivity index (χ0n) is 10.00. The lowest BCUT2D eigenvalue weighted by Crippen LogP contribution is -2.24. The minimum absolute atomic E-state index is 0.00738. The van der Waals surface area contributed by atoms with E-state index in [2.05, 4.69) is 21.2 Å². The second-order valence-electron chi connectivity index (χ2n) is 3.95. The number of halogens is 4. The molecule has 7 heteroatoms. The van der Waals surface area contributed by atoms with Crippen LogP contribution in [0.2, 0.25) is 0 Å². The van der Waals surface area contributed by atoms with Crippen LogP contribution in [0, 0.1) is 0 Å². The van der Waals surface area contributed by atoms with Gasteiger partial charge in [-0.05, 0) is 33.6 Å². The van der Waals surface area contributed by atoms with E-state index in [1.54, 1.807) is 0 Å². The number of furan rings is 1. The summed E-state index contributed by atoms with van der Waals surface area (Å²) in [6.45, 7) is -0.216. The van der Waals surface area contributed by atoms with Crippen molar-refractivity contribution in [2.75, 3.05) is 0 Å². The number of hydrogen-bond donors (Lipinski definition) is 1. The van der Waals surface area contributed by atoms with E-state index in [-0.39, 0.29) is 22.3 Å². The number of amides is 1. The van der Waals surface area contributed by atoms with E-state index in [4.69, 9.17) is 4.42 Å². The maximum Gasteiger partial charge on any atom is 0.416 e. The highest BCUT2D eigenvalue weighted by molar-refractivity contribution is 9.10. The minimum Gasteiger partial charge on any atom is -0.457 e. The molecule has 20 heavy (non-hydrogen) atoms. The van der Waals surface area contributed by atoms with Crippen molar-refractivity contribution in [2.45, 2.75) is 12.7 Å². The van der Waals surface area contributed by atoms with Gasteiger partial charge < -0.3 is 9.73 Å². The summed E-state index contributed by atoms with van der Waals surface area (Å²) in [5.74, 6) is -0.511. The van der Waals surface area contributed by atoms with E-state index < -0.39 is 17.6 Å². The first kappa shape index (κ1) is 14.6. The van der Waals surface area contributed by atoms with Gasteiger partial charge in [-0.25, -0.2) is 0 Å². The Morgan fingerprint density at radius 3 is 2.55 bits per heavy atom. The number of alkyl halides is 3. The van der Waals surface area contributed by atoms with E-state index in [1.165, 1.54) is 30.5 Å². The summed E-state index contributed by atoms with van der Waals surface area (Å²) in [5.41, 5.74) is -0.519. The van der Waals surface area contributed by atoms with E-state index in [0.717, 1.165) is 6.07 Å². The van der Waals surface area contributed by atoms with Crippen molar-refractivity contribution in [2.24, 2.45) is 0 Å². The van der Waals surface area contributed by atoms with Crippen molar-refractivity contribution in [3.05, 3.63) is 58.0 Å². The summed E-state index contributed by atoms with van der Waals surface area (Å²) in [7, 11) is 0. The Bertz CT molecular complexity index is 622. The lowest BCUT2D eigenvalue weighted by molar-refractivity contribution is -0.138. The number of nitrogens with one attached hydrogen (secondary N) is 1. The van der Waals surface area contributed by atoms with Gasteiger partial charge in [-0.3, -0.25) is 4.79 Å². The molecule has 1 heterocycles. The molecule has 1 N–H and O–H groups in total. The molecule has 0 fully saturated rings. The maximum absolute atomic E-state index is 12.8. The Balaban J connectivity index is 2.12. The van der Waals surface area contributed by atoms with Crippen molar-refractivity contribution in [1.82, 2.24) is 5.32 Å². The normalized spacial score (nSPS) is 11.4. The van der Waals surface area contributed by atoms with Gasteiger partial charge in [0.2, 0.25) is 0 Å². The molecule has 2 rings (SSSR count). The van der Waals surface area contributed by atoms with Crippen molar-refractivity contribution >= 4 is 21.8 Å². The fourth-order valence-corrected chi connectivity index (χ4v) is 2.10. The molecular weight excluding hydrogens is 339 g/mol. The molecule has 0 aliphatic heterocycles. The second kappa shape index (κ2) is 5.70. The van der Waals surface area contributed by atoms with Gasteiger partial charge in [-0.1, -0.05) is 18.2 Å². The highest BCUT2D eigenvalue weighted by Gasteiger charge is 2.32. The van der Waals surface area contributed by atoms with Crippen LogP contribution in [0.1, 0.15) is 21.5 Å². The molecule has 1 aromatic heterocycles. The number of hydrogen-bond acceptors (Lipinski definition) is 2. The topological polar surface area (TPSA) is 42.2 Å². The van der Waals surface area contributed by atoms with Crippen molar-refractivity contribution < 1.29 is 22.4 Å². The molecule has 0 bridgehead atoms. The average molecular weight is 348 g/mol. The van der Waals surface area contributed by atoms with Crippen LogP contribution in [0.5, 0.6) is 0 Å². The summed E-state index contributed by atoms with van der Waals surface area (Å²) < 4.78 is 43.5. The van der Waals surface area contributed by atoms with Gasteiger partial charge in [0.15, 0.2) is 4.67 Å². The van der Waals surface area contributed by atoms with Crippen LogP contribution in [-0.4, -0.2) is 5.91 Å². The molecule has 1 amide bonds. The highest BCUT2D eigenvalue weighted by Crippen LogP contribution is 2.31. The molecule has 0 spiro atoms. The van der Waals surface area contributed by atoms with Crippen LogP contribution in [0.3, 0.4) is 0 Å². The highest BCUT2D eigenvalue weighted by atomic mass is 79.9. The van der Waals surface area contributed by atoms with Crippen LogP contribution >= 0.6 is 15.9 Å². The summed E-state index contributed by atoms with van der Waals surface area (Å²) in [6.07, 6.45) is -3.14. The van der Waals surface area contributed by atoms with Gasteiger partial charge in [-0.2, -0.15) is 13.2 Å². The van der Waals surface area contributed by atoms with E-state index in [0.29, 0.717) is 0 Å². The van der Waals surface area contributed by atoms with Crippen LogP contribution in [0.15, 0.2) is 45.7 Å². The van der Waals surface area contributed by atoms with E-state index in [9.17, 15) is 18.0 Å². The molecular formula is C13H9BrF3NO2. The van der Waals surface area contributed by atoms with Gasteiger partial charge in [0.25, 0.3) is 5.91 Å². The molecule has 2 aromatic rings. The second-order valence-corrected chi connectivity index (χ2v) is 4.67. The number of carbonyl (C=O) groups excluding carboxylic acids is 1. The van der Waals surface area contributed by atoms with Crippen LogP contribution in [-0.2, 0) is 12.7 Å². The van der Waals surface area contributed by atoms with Gasteiger partial charge >= 0.3 is 6.18 Å². The van der Waals surface area contributed by atoms with Gasteiger partial charge in [0.05, 0.1) is 17.4 Å².